The number of rotatable bonds is 7. The van der Waals surface area contributed by atoms with Crippen LogP contribution in [0.5, 0.6) is 0 Å². The van der Waals surface area contributed by atoms with Crippen LogP contribution in [0.25, 0.3) is 0 Å². The van der Waals surface area contributed by atoms with Gasteiger partial charge in [0, 0.05) is 19.3 Å². The molecular weight excluding hydrogens is 248 g/mol. The minimum absolute atomic E-state index is 0.260. The lowest BCUT2D eigenvalue weighted by Gasteiger charge is -1.98. The highest BCUT2D eigenvalue weighted by Gasteiger charge is 1.95. The van der Waals surface area contributed by atoms with Crippen LogP contribution >= 0.6 is 0 Å². The molecule has 0 N–H and O–H groups in total. The molecule has 0 aliphatic heterocycles. The Kier molecular flexibility index (Phi) is 10.6. The van der Waals surface area contributed by atoms with E-state index >= 15 is 0 Å². The lowest BCUT2D eigenvalue weighted by molar-refractivity contribution is -0.119. The van der Waals surface area contributed by atoms with E-state index < -0.39 is 0 Å². The van der Waals surface area contributed by atoms with E-state index in [-0.39, 0.29) is 5.78 Å². The largest absolute Gasteiger partial charge is 0.300 e. The fraction of sp³-hybridized carbons (Fsp3) is 0.556. The highest BCUT2D eigenvalue weighted by atomic mass is 16.1. The van der Waals surface area contributed by atoms with Crippen LogP contribution in [0.2, 0.25) is 0 Å². The number of carbonyl (C=O) groups excluding carboxylic acids is 2. The van der Waals surface area contributed by atoms with Crippen molar-refractivity contribution in [2.45, 2.75) is 66.2 Å². The molecule has 2 heteroatoms. The van der Waals surface area contributed by atoms with Gasteiger partial charge in [0.25, 0.3) is 0 Å². The molecule has 0 fully saturated rings. The Labute approximate surface area is 123 Å². The van der Waals surface area contributed by atoms with Crippen molar-refractivity contribution in [3.05, 3.63) is 35.4 Å². The maximum Gasteiger partial charge on any atom is 0.132 e. The summed E-state index contributed by atoms with van der Waals surface area (Å²) in [5.41, 5.74) is 2.51. The average Bonchev–Trinajstić information content (AvgIpc) is 2.39. The zero-order chi connectivity index (χ0) is 15.4. The molecule has 0 saturated carbocycles. The molecule has 0 amide bonds. The number of hydrogen-bond donors (Lipinski definition) is 0. The molecule has 112 valence electrons. The maximum absolute atomic E-state index is 10.7. The number of carbonyl (C=O) groups is 2. The van der Waals surface area contributed by atoms with Crippen molar-refractivity contribution in [3.8, 4) is 0 Å². The Morgan fingerprint density at radius 3 is 1.80 bits per heavy atom. The molecule has 0 aliphatic carbocycles. The second-order valence-corrected chi connectivity index (χ2v) is 5.23. The topological polar surface area (TPSA) is 34.1 Å². The predicted molar refractivity (Wildman–Crippen MR) is 85.0 cm³/mol. The normalized spacial score (nSPS) is 9.60. The Morgan fingerprint density at radius 2 is 1.40 bits per heavy atom. The van der Waals surface area contributed by atoms with Crippen LogP contribution in [0, 0.1) is 6.92 Å². The molecule has 0 unspecified atom stereocenters. The molecule has 0 spiro atoms. The van der Waals surface area contributed by atoms with Gasteiger partial charge in [-0.15, -0.1) is 0 Å². The summed E-state index contributed by atoms with van der Waals surface area (Å²) in [6, 6.07) is 8.32. The summed E-state index contributed by atoms with van der Waals surface area (Å²) in [7, 11) is 0. The number of aryl methyl sites for hydroxylation is 2. The summed E-state index contributed by atoms with van der Waals surface area (Å²) in [5, 5.41) is 0. The molecule has 0 heterocycles. The summed E-state index contributed by atoms with van der Waals surface area (Å²) < 4.78 is 0. The third-order valence-electron chi connectivity index (χ3n) is 2.94. The van der Waals surface area contributed by atoms with E-state index in [1.165, 1.54) is 11.1 Å². The van der Waals surface area contributed by atoms with Crippen LogP contribution in [-0.4, -0.2) is 11.6 Å². The van der Waals surface area contributed by atoms with E-state index in [1.807, 2.05) is 13.8 Å². The molecule has 0 aromatic heterocycles. The standard InChI is InChI=1S/C11H14O.C7H14O/c1-9-3-6-11(7-4-9)8-5-10(2)12;1-3-5-7(8)6-4-2/h3-4,6-7H,5,8H2,1-2H3;3-6H2,1-2H3. The minimum Gasteiger partial charge on any atom is -0.300 e. The summed E-state index contributed by atoms with van der Waals surface area (Å²) >= 11 is 0. The van der Waals surface area contributed by atoms with Gasteiger partial charge < -0.3 is 4.79 Å². The van der Waals surface area contributed by atoms with Crippen molar-refractivity contribution >= 4 is 11.6 Å². The van der Waals surface area contributed by atoms with Crippen LogP contribution in [0.4, 0.5) is 0 Å². The molecule has 0 radical (unpaired) electrons. The van der Waals surface area contributed by atoms with Crippen LogP contribution in [0.1, 0.15) is 64.0 Å². The van der Waals surface area contributed by atoms with E-state index in [0.717, 1.165) is 32.1 Å². The van der Waals surface area contributed by atoms with Gasteiger partial charge in [0.2, 0.25) is 0 Å². The summed E-state index contributed by atoms with van der Waals surface area (Å²) in [4.78, 5) is 21.3. The first-order chi connectivity index (χ1) is 9.49. The molecule has 1 aromatic rings. The van der Waals surface area contributed by atoms with Crippen LogP contribution in [-0.2, 0) is 16.0 Å². The Bertz CT molecular complexity index is 382. The highest BCUT2D eigenvalue weighted by Crippen LogP contribution is 2.05. The molecule has 0 aliphatic rings. The number of hydrogen-bond acceptors (Lipinski definition) is 2. The van der Waals surface area contributed by atoms with Gasteiger partial charge in [-0.2, -0.15) is 0 Å². The predicted octanol–water partition coefficient (Wildman–Crippen LogP) is 4.67. The molecule has 0 bridgehead atoms. The first kappa shape index (κ1) is 18.6. The van der Waals surface area contributed by atoms with Gasteiger partial charge in [-0.25, -0.2) is 0 Å². The third kappa shape index (κ3) is 10.5. The zero-order valence-corrected chi connectivity index (χ0v) is 13.4. The second kappa shape index (κ2) is 11.4. The quantitative estimate of drug-likeness (QED) is 0.725. The van der Waals surface area contributed by atoms with Crippen molar-refractivity contribution in [3.63, 3.8) is 0 Å². The molecule has 2 nitrogen and oxygen atoms in total. The van der Waals surface area contributed by atoms with Gasteiger partial charge >= 0.3 is 0 Å². The van der Waals surface area contributed by atoms with E-state index in [0.29, 0.717) is 12.2 Å². The average molecular weight is 276 g/mol. The fourth-order valence-corrected chi connectivity index (χ4v) is 1.76. The Morgan fingerprint density at radius 1 is 0.900 bits per heavy atom. The van der Waals surface area contributed by atoms with Gasteiger partial charge in [0.1, 0.15) is 11.6 Å². The Balaban J connectivity index is 0.000000396. The molecule has 1 rings (SSSR count). The van der Waals surface area contributed by atoms with Gasteiger partial charge in [-0.05, 0) is 38.7 Å². The van der Waals surface area contributed by atoms with Crippen molar-refractivity contribution < 1.29 is 9.59 Å². The van der Waals surface area contributed by atoms with Crippen molar-refractivity contribution in [2.75, 3.05) is 0 Å². The molecule has 1 aromatic carbocycles. The molecule has 0 saturated heterocycles. The van der Waals surface area contributed by atoms with E-state index in [2.05, 4.69) is 31.2 Å². The minimum atomic E-state index is 0.260. The summed E-state index contributed by atoms with van der Waals surface area (Å²) in [6.45, 7) is 7.77. The smallest absolute Gasteiger partial charge is 0.132 e. The zero-order valence-electron chi connectivity index (χ0n) is 13.4. The first-order valence-electron chi connectivity index (χ1n) is 7.56. The van der Waals surface area contributed by atoms with Gasteiger partial charge in [0.15, 0.2) is 0 Å². The molecular formula is C18H28O2. The number of benzene rings is 1. The summed E-state index contributed by atoms with van der Waals surface area (Å²) in [6.07, 6.45) is 5.07. The van der Waals surface area contributed by atoms with E-state index in [1.54, 1.807) is 6.92 Å². The third-order valence-corrected chi connectivity index (χ3v) is 2.94. The lowest BCUT2D eigenvalue weighted by atomic mass is 10.1. The SMILES string of the molecule is CC(=O)CCc1ccc(C)cc1.CCCC(=O)CCC. The van der Waals surface area contributed by atoms with Gasteiger partial charge in [0.05, 0.1) is 0 Å². The van der Waals surface area contributed by atoms with Crippen molar-refractivity contribution in [1.82, 2.24) is 0 Å². The van der Waals surface area contributed by atoms with Crippen LogP contribution < -0.4 is 0 Å². The monoisotopic (exact) mass is 276 g/mol. The van der Waals surface area contributed by atoms with Crippen molar-refractivity contribution in [1.29, 1.82) is 0 Å². The van der Waals surface area contributed by atoms with Gasteiger partial charge in [-0.1, -0.05) is 43.7 Å². The van der Waals surface area contributed by atoms with E-state index in [9.17, 15) is 9.59 Å². The Hall–Kier alpha value is -1.44. The first-order valence-corrected chi connectivity index (χ1v) is 7.56. The highest BCUT2D eigenvalue weighted by molar-refractivity contribution is 5.78. The second-order valence-electron chi connectivity index (χ2n) is 5.23. The maximum atomic E-state index is 10.7. The fourth-order valence-electron chi connectivity index (χ4n) is 1.76. The molecule has 20 heavy (non-hydrogen) atoms. The lowest BCUT2D eigenvalue weighted by Crippen LogP contribution is -1.93. The van der Waals surface area contributed by atoms with Gasteiger partial charge in [-0.3, -0.25) is 4.79 Å². The van der Waals surface area contributed by atoms with E-state index in [4.69, 9.17) is 0 Å². The summed E-state index contributed by atoms with van der Waals surface area (Å²) in [5.74, 6) is 0.672. The number of Topliss-reactive ketones (excluding diaryl/α,β-unsaturated/α-hetero) is 2. The van der Waals surface area contributed by atoms with Crippen LogP contribution in [0.15, 0.2) is 24.3 Å². The van der Waals surface area contributed by atoms with Crippen LogP contribution in [0.3, 0.4) is 0 Å². The number of ketones is 2. The molecule has 0 atom stereocenters. The van der Waals surface area contributed by atoms with Crippen molar-refractivity contribution in [2.24, 2.45) is 0 Å².